The van der Waals surface area contributed by atoms with Gasteiger partial charge in [0.1, 0.15) is 5.75 Å². The Morgan fingerprint density at radius 3 is 2.64 bits per heavy atom. The number of sulfonamides is 1. The topological polar surface area (TPSA) is 67.4 Å². The molecular formula is C18H25ClN2O3S. The summed E-state index contributed by atoms with van der Waals surface area (Å²) in [7, 11) is -1.95. The molecule has 2 aromatic carbocycles. The molecule has 0 amide bonds. The molecule has 1 atom stereocenters. The Bertz CT molecular complexity index is 805. The Morgan fingerprint density at radius 2 is 1.96 bits per heavy atom. The third kappa shape index (κ3) is 4.64. The first kappa shape index (κ1) is 20.0. The summed E-state index contributed by atoms with van der Waals surface area (Å²) in [5, 5.41) is 4.85. The predicted molar refractivity (Wildman–Crippen MR) is 103 cm³/mol. The van der Waals surface area contributed by atoms with Crippen LogP contribution >= 0.6 is 12.4 Å². The third-order valence-corrected chi connectivity index (χ3v) is 6.12. The Morgan fingerprint density at radius 1 is 1.20 bits per heavy atom. The number of nitrogens with one attached hydrogen (secondary N) is 2. The number of methoxy groups -OCH3 is 1. The van der Waals surface area contributed by atoms with Gasteiger partial charge in [-0.2, -0.15) is 0 Å². The van der Waals surface area contributed by atoms with Crippen LogP contribution in [-0.2, 0) is 10.0 Å². The molecule has 1 unspecified atom stereocenters. The van der Waals surface area contributed by atoms with Crippen molar-refractivity contribution in [2.75, 3.05) is 26.7 Å². The van der Waals surface area contributed by atoms with Crippen LogP contribution in [0.4, 0.5) is 0 Å². The van der Waals surface area contributed by atoms with Crippen molar-refractivity contribution in [3.05, 3.63) is 36.4 Å². The molecule has 1 aliphatic rings. The molecule has 0 bridgehead atoms. The zero-order chi connectivity index (χ0) is 17.0. The number of piperidine rings is 1. The molecule has 7 heteroatoms. The fourth-order valence-electron chi connectivity index (χ4n) is 3.30. The van der Waals surface area contributed by atoms with Gasteiger partial charge in [0.25, 0.3) is 0 Å². The maximum atomic E-state index is 12.7. The molecule has 1 heterocycles. The predicted octanol–water partition coefficient (Wildman–Crippen LogP) is 2.94. The second-order valence-corrected chi connectivity index (χ2v) is 7.95. The van der Waals surface area contributed by atoms with Crippen LogP contribution < -0.4 is 14.8 Å². The summed E-state index contributed by atoms with van der Waals surface area (Å²) < 4.78 is 33.5. The second-order valence-electron chi connectivity index (χ2n) is 6.21. The van der Waals surface area contributed by atoms with Gasteiger partial charge in [-0.05, 0) is 50.4 Å². The maximum absolute atomic E-state index is 12.7. The Labute approximate surface area is 155 Å². The summed E-state index contributed by atoms with van der Waals surface area (Å²) in [5.41, 5.74) is 0. The first-order valence-corrected chi connectivity index (χ1v) is 9.86. The lowest BCUT2D eigenvalue weighted by Crippen LogP contribution is -2.33. The molecule has 5 nitrogen and oxygen atoms in total. The van der Waals surface area contributed by atoms with E-state index < -0.39 is 10.0 Å². The molecule has 0 radical (unpaired) electrons. The van der Waals surface area contributed by atoms with Gasteiger partial charge >= 0.3 is 0 Å². The highest BCUT2D eigenvalue weighted by Crippen LogP contribution is 2.30. The number of halogens is 1. The van der Waals surface area contributed by atoms with Crippen molar-refractivity contribution >= 4 is 33.2 Å². The lowest BCUT2D eigenvalue weighted by molar-refractivity contribution is 0.358. The zero-order valence-electron chi connectivity index (χ0n) is 14.3. The fraction of sp³-hybridized carbons (Fsp3) is 0.444. The Hall–Kier alpha value is -1.34. The minimum Gasteiger partial charge on any atom is -0.496 e. The number of hydrogen-bond acceptors (Lipinski definition) is 4. The van der Waals surface area contributed by atoms with Gasteiger partial charge in [0.2, 0.25) is 10.0 Å². The highest BCUT2D eigenvalue weighted by Gasteiger charge is 2.20. The highest BCUT2D eigenvalue weighted by atomic mass is 35.5. The number of ether oxygens (including phenoxy) is 1. The number of benzene rings is 2. The summed E-state index contributed by atoms with van der Waals surface area (Å²) in [6.45, 7) is 2.52. The number of hydrogen-bond donors (Lipinski definition) is 2. The van der Waals surface area contributed by atoms with Crippen molar-refractivity contribution in [3.8, 4) is 5.75 Å². The molecule has 138 valence electrons. The van der Waals surface area contributed by atoms with E-state index in [0.717, 1.165) is 24.9 Å². The van der Waals surface area contributed by atoms with Crippen LogP contribution in [0, 0.1) is 5.92 Å². The first-order valence-electron chi connectivity index (χ1n) is 8.38. The minimum absolute atomic E-state index is 0. The molecule has 0 aromatic heterocycles. The summed E-state index contributed by atoms with van der Waals surface area (Å²) in [5.74, 6) is 1.23. The summed E-state index contributed by atoms with van der Waals surface area (Å²) in [4.78, 5) is 0.306. The molecule has 1 saturated heterocycles. The average Bonchev–Trinajstić information content (AvgIpc) is 2.61. The van der Waals surface area contributed by atoms with Gasteiger partial charge < -0.3 is 10.1 Å². The molecule has 0 spiro atoms. The van der Waals surface area contributed by atoms with Crippen molar-refractivity contribution in [3.63, 3.8) is 0 Å². The van der Waals surface area contributed by atoms with Gasteiger partial charge in [-0.25, -0.2) is 13.1 Å². The molecule has 25 heavy (non-hydrogen) atoms. The van der Waals surface area contributed by atoms with Crippen LogP contribution in [0.3, 0.4) is 0 Å². The standard InChI is InChI=1S/C18H24N2O3S.ClH/c1-23-17-8-9-18(16-7-3-2-6-15(16)17)24(21,22)20-12-10-14-5-4-11-19-13-14;/h2-3,6-9,14,19-20H,4-5,10-13H2,1H3;1H. The number of rotatable bonds is 6. The van der Waals surface area contributed by atoms with Gasteiger partial charge in [0.05, 0.1) is 12.0 Å². The van der Waals surface area contributed by atoms with Crippen molar-refractivity contribution in [1.29, 1.82) is 0 Å². The van der Waals surface area contributed by atoms with E-state index in [2.05, 4.69) is 10.0 Å². The van der Waals surface area contributed by atoms with E-state index in [1.54, 1.807) is 19.2 Å². The molecule has 3 rings (SSSR count). The molecule has 0 saturated carbocycles. The van der Waals surface area contributed by atoms with Crippen molar-refractivity contribution in [2.24, 2.45) is 5.92 Å². The van der Waals surface area contributed by atoms with Crippen LogP contribution in [0.15, 0.2) is 41.3 Å². The van der Waals surface area contributed by atoms with E-state index in [0.29, 0.717) is 28.5 Å². The summed E-state index contributed by atoms with van der Waals surface area (Å²) in [6, 6.07) is 10.7. The minimum atomic E-state index is -3.54. The van der Waals surface area contributed by atoms with Crippen molar-refractivity contribution < 1.29 is 13.2 Å². The molecule has 0 aliphatic carbocycles. The van der Waals surface area contributed by atoms with Crippen LogP contribution in [0.1, 0.15) is 19.3 Å². The molecule has 1 fully saturated rings. The monoisotopic (exact) mass is 384 g/mol. The Balaban J connectivity index is 0.00000225. The zero-order valence-corrected chi connectivity index (χ0v) is 16.0. The average molecular weight is 385 g/mol. The summed E-state index contributed by atoms with van der Waals surface area (Å²) >= 11 is 0. The quantitative estimate of drug-likeness (QED) is 0.803. The van der Waals surface area contributed by atoms with Gasteiger partial charge in [0, 0.05) is 17.3 Å². The van der Waals surface area contributed by atoms with E-state index in [1.165, 1.54) is 12.8 Å². The molecular weight excluding hydrogens is 360 g/mol. The smallest absolute Gasteiger partial charge is 0.241 e. The van der Waals surface area contributed by atoms with E-state index in [9.17, 15) is 8.42 Å². The highest BCUT2D eigenvalue weighted by molar-refractivity contribution is 7.89. The Kier molecular flexibility index (Phi) is 7.07. The maximum Gasteiger partial charge on any atom is 0.241 e. The third-order valence-electron chi connectivity index (χ3n) is 4.60. The lowest BCUT2D eigenvalue weighted by atomic mass is 9.96. The van der Waals surface area contributed by atoms with Crippen LogP contribution in [0.2, 0.25) is 0 Å². The molecule has 2 aromatic rings. The SMILES string of the molecule is COc1ccc(S(=O)(=O)NCCC2CCCNC2)c2ccccc12.Cl. The lowest BCUT2D eigenvalue weighted by Gasteiger charge is -2.22. The van der Waals surface area contributed by atoms with Gasteiger partial charge in [-0.3, -0.25) is 0 Å². The van der Waals surface area contributed by atoms with Crippen LogP contribution in [0.5, 0.6) is 5.75 Å². The van der Waals surface area contributed by atoms with Crippen molar-refractivity contribution in [2.45, 2.75) is 24.2 Å². The fourth-order valence-corrected chi connectivity index (χ4v) is 4.56. The van der Waals surface area contributed by atoms with Gasteiger partial charge in [0.15, 0.2) is 0 Å². The second kappa shape index (κ2) is 8.85. The van der Waals surface area contributed by atoms with Gasteiger partial charge in [-0.1, -0.05) is 24.3 Å². The van der Waals surface area contributed by atoms with Crippen molar-refractivity contribution in [1.82, 2.24) is 10.0 Å². The molecule has 2 N–H and O–H groups in total. The first-order chi connectivity index (χ1) is 11.6. The van der Waals surface area contributed by atoms with Gasteiger partial charge in [-0.15, -0.1) is 12.4 Å². The molecule has 1 aliphatic heterocycles. The van der Waals surface area contributed by atoms with E-state index in [1.807, 2.05) is 24.3 Å². The van der Waals surface area contributed by atoms with Crippen LogP contribution in [0.25, 0.3) is 10.8 Å². The number of fused-ring (bicyclic) bond motifs is 1. The summed E-state index contributed by atoms with van der Waals surface area (Å²) in [6.07, 6.45) is 3.20. The largest absolute Gasteiger partial charge is 0.496 e. The normalized spacial score (nSPS) is 17.9. The van der Waals surface area contributed by atoms with E-state index >= 15 is 0 Å². The van der Waals surface area contributed by atoms with Crippen LogP contribution in [-0.4, -0.2) is 35.2 Å². The van der Waals surface area contributed by atoms with E-state index in [-0.39, 0.29) is 12.4 Å². The van der Waals surface area contributed by atoms with E-state index in [4.69, 9.17) is 4.74 Å².